The Hall–Kier alpha value is -0.780. The summed E-state index contributed by atoms with van der Waals surface area (Å²) < 4.78 is 0. The number of hydrogen-bond donors (Lipinski definition) is 0. The van der Waals surface area contributed by atoms with Crippen LogP contribution in [0.2, 0.25) is 0 Å². The van der Waals surface area contributed by atoms with Crippen LogP contribution in [0.3, 0.4) is 0 Å². The van der Waals surface area contributed by atoms with E-state index in [1.807, 2.05) is 0 Å². The zero-order valence-corrected chi connectivity index (χ0v) is 8.97. The summed E-state index contributed by atoms with van der Waals surface area (Å²) in [5.74, 6) is 0.920. The van der Waals surface area contributed by atoms with Crippen molar-refractivity contribution in [3.63, 3.8) is 0 Å². The second-order valence-corrected chi connectivity index (χ2v) is 4.98. The van der Waals surface area contributed by atoms with Gasteiger partial charge in [0.05, 0.1) is 0 Å². The van der Waals surface area contributed by atoms with Gasteiger partial charge in [0.25, 0.3) is 0 Å². The molecule has 0 aromatic heterocycles. The van der Waals surface area contributed by atoms with Gasteiger partial charge in [-0.2, -0.15) is 0 Å². The van der Waals surface area contributed by atoms with E-state index in [0.29, 0.717) is 0 Å². The van der Waals surface area contributed by atoms with Crippen molar-refractivity contribution in [3.8, 4) is 0 Å². The van der Waals surface area contributed by atoms with Gasteiger partial charge in [0.1, 0.15) is 0 Å². The third kappa shape index (κ3) is 1.20. The van der Waals surface area contributed by atoms with Gasteiger partial charge >= 0.3 is 0 Å². The van der Waals surface area contributed by atoms with Crippen LogP contribution >= 0.6 is 0 Å². The van der Waals surface area contributed by atoms with E-state index in [2.05, 4.69) is 19.1 Å². The van der Waals surface area contributed by atoms with Crippen molar-refractivity contribution in [2.24, 2.45) is 0 Å². The predicted molar refractivity (Wildman–Crippen MR) is 59.8 cm³/mol. The van der Waals surface area contributed by atoms with Crippen molar-refractivity contribution in [2.45, 2.75) is 51.4 Å². The lowest BCUT2D eigenvalue weighted by molar-refractivity contribution is 0.476. The highest BCUT2D eigenvalue weighted by Crippen LogP contribution is 2.41. The summed E-state index contributed by atoms with van der Waals surface area (Å²) in [7, 11) is 0. The Morgan fingerprint density at radius 2 is 1.57 bits per heavy atom. The number of benzene rings is 1. The molecule has 0 radical (unpaired) electrons. The first-order valence-corrected chi connectivity index (χ1v) is 5.97. The topological polar surface area (TPSA) is 0 Å². The fourth-order valence-electron chi connectivity index (χ4n) is 3.40. The van der Waals surface area contributed by atoms with E-state index >= 15 is 0 Å². The summed E-state index contributed by atoms with van der Waals surface area (Å²) in [5.41, 5.74) is 6.58. The molecule has 0 unspecified atom stereocenters. The number of rotatable bonds is 0. The Morgan fingerprint density at radius 3 is 2.14 bits per heavy atom. The number of hydrogen-bond acceptors (Lipinski definition) is 0. The fraction of sp³-hybridized carbons (Fsp3) is 0.571. The van der Waals surface area contributed by atoms with E-state index in [0.717, 1.165) is 5.92 Å². The van der Waals surface area contributed by atoms with Gasteiger partial charge in [-0.15, -0.1) is 0 Å². The maximum absolute atomic E-state index is 2.43. The van der Waals surface area contributed by atoms with E-state index < -0.39 is 0 Å². The monoisotopic (exact) mass is 186 g/mol. The Bertz CT molecular complexity index is 331. The van der Waals surface area contributed by atoms with E-state index in [4.69, 9.17) is 0 Å². The van der Waals surface area contributed by atoms with Gasteiger partial charge in [-0.25, -0.2) is 0 Å². The summed E-state index contributed by atoms with van der Waals surface area (Å²) in [5, 5.41) is 0. The first-order chi connectivity index (χ1) is 6.84. The summed E-state index contributed by atoms with van der Waals surface area (Å²) in [4.78, 5) is 0. The van der Waals surface area contributed by atoms with Crippen LogP contribution in [0.1, 0.15) is 53.9 Å². The molecule has 0 saturated heterocycles. The molecule has 2 aliphatic carbocycles. The van der Waals surface area contributed by atoms with Gasteiger partial charge in [-0.3, -0.25) is 0 Å². The molecule has 0 spiro atoms. The van der Waals surface area contributed by atoms with Crippen LogP contribution in [0.15, 0.2) is 12.1 Å². The molecule has 0 saturated carbocycles. The molecular weight excluding hydrogens is 168 g/mol. The zero-order chi connectivity index (χ0) is 9.54. The zero-order valence-electron chi connectivity index (χ0n) is 8.97. The third-order valence-electron chi connectivity index (χ3n) is 3.90. The van der Waals surface area contributed by atoms with Gasteiger partial charge in [-0.1, -0.05) is 17.7 Å². The minimum Gasteiger partial charge on any atom is -0.0558 e. The normalized spacial score (nSPS) is 20.6. The number of aryl methyl sites for hydroxylation is 3. The summed E-state index contributed by atoms with van der Waals surface area (Å²) in [6.45, 7) is 2.25. The maximum atomic E-state index is 2.43. The largest absolute Gasteiger partial charge is 0.0558 e. The summed E-state index contributed by atoms with van der Waals surface area (Å²) in [6, 6.07) is 4.85. The van der Waals surface area contributed by atoms with E-state index in [1.165, 1.54) is 44.1 Å². The molecule has 0 heterocycles. The molecule has 0 heteroatoms. The van der Waals surface area contributed by atoms with Crippen LogP contribution in [-0.4, -0.2) is 0 Å². The van der Waals surface area contributed by atoms with E-state index in [-0.39, 0.29) is 0 Å². The molecule has 14 heavy (non-hydrogen) atoms. The first-order valence-electron chi connectivity index (χ1n) is 5.97. The molecule has 0 N–H and O–H groups in total. The lowest BCUT2D eigenvalue weighted by Gasteiger charge is -2.32. The van der Waals surface area contributed by atoms with Crippen molar-refractivity contribution in [1.29, 1.82) is 0 Å². The molecular formula is C14H18. The quantitative estimate of drug-likeness (QED) is 0.579. The van der Waals surface area contributed by atoms with Crippen LogP contribution in [-0.2, 0) is 12.8 Å². The lowest BCUT2D eigenvalue weighted by atomic mass is 9.73. The molecule has 3 rings (SSSR count). The standard InChI is InChI=1S/C14H18/c1-10-8-12-6-2-4-11-5-3-7-13(9-10)14(11)12/h8-9,11H,2-7H2,1H3. The van der Waals surface area contributed by atoms with Crippen LogP contribution in [0.5, 0.6) is 0 Å². The minimum absolute atomic E-state index is 0.920. The Balaban J connectivity index is 2.20. The lowest BCUT2D eigenvalue weighted by Crippen LogP contribution is -2.17. The molecule has 0 aliphatic heterocycles. The fourth-order valence-corrected chi connectivity index (χ4v) is 3.40. The SMILES string of the molecule is Cc1cc2c3c(c1)CCCC3CCC2. The van der Waals surface area contributed by atoms with Crippen LogP contribution in [0, 0.1) is 6.92 Å². The van der Waals surface area contributed by atoms with Crippen molar-refractivity contribution in [1.82, 2.24) is 0 Å². The Labute approximate surface area is 86.3 Å². The van der Waals surface area contributed by atoms with Crippen molar-refractivity contribution < 1.29 is 0 Å². The third-order valence-corrected chi connectivity index (χ3v) is 3.90. The smallest absolute Gasteiger partial charge is 0.0156 e. The molecule has 0 amide bonds. The van der Waals surface area contributed by atoms with E-state index in [9.17, 15) is 0 Å². The van der Waals surface area contributed by atoms with Crippen LogP contribution < -0.4 is 0 Å². The van der Waals surface area contributed by atoms with E-state index in [1.54, 1.807) is 16.7 Å². The molecule has 0 nitrogen and oxygen atoms in total. The van der Waals surface area contributed by atoms with Crippen molar-refractivity contribution in [2.75, 3.05) is 0 Å². The average molecular weight is 186 g/mol. The molecule has 0 bridgehead atoms. The predicted octanol–water partition coefficient (Wildman–Crippen LogP) is 3.75. The van der Waals surface area contributed by atoms with Gasteiger partial charge in [0, 0.05) is 0 Å². The first kappa shape index (κ1) is 8.52. The Kier molecular flexibility index (Phi) is 1.90. The highest BCUT2D eigenvalue weighted by atomic mass is 14.3. The molecule has 1 aromatic carbocycles. The molecule has 0 fully saturated rings. The average Bonchev–Trinajstić information content (AvgIpc) is 2.18. The summed E-state index contributed by atoms with van der Waals surface area (Å²) in [6.07, 6.45) is 8.40. The van der Waals surface area contributed by atoms with Crippen LogP contribution in [0.4, 0.5) is 0 Å². The summed E-state index contributed by atoms with van der Waals surface area (Å²) >= 11 is 0. The molecule has 2 aliphatic rings. The van der Waals surface area contributed by atoms with Crippen LogP contribution in [0.25, 0.3) is 0 Å². The highest BCUT2D eigenvalue weighted by Gasteiger charge is 2.25. The van der Waals surface area contributed by atoms with Crippen molar-refractivity contribution in [3.05, 3.63) is 34.4 Å². The van der Waals surface area contributed by atoms with Gasteiger partial charge in [0.15, 0.2) is 0 Å². The van der Waals surface area contributed by atoms with Gasteiger partial charge < -0.3 is 0 Å². The van der Waals surface area contributed by atoms with Crippen molar-refractivity contribution >= 4 is 0 Å². The van der Waals surface area contributed by atoms with Gasteiger partial charge in [-0.05, 0) is 68.1 Å². The second kappa shape index (κ2) is 3.12. The second-order valence-electron chi connectivity index (χ2n) is 4.98. The minimum atomic E-state index is 0.920. The molecule has 1 aromatic rings. The van der Waals surface area contributed by atoms with Gasteiger partial charge in [0.2, 0.25) is 0 Å². The maximum Gasteiger partial charge on any atom is -0.0156 e. The highest BCUT2D eigenvalue weighted by molar-refractivity contribution is 5.44. The molecule has 0 atom stereocenters. The molecule has 74 valence electrons. The Morgan fingerprint density at radius 1 is 1.00 bits per heavy atom.